The standard InChI is InChI=1S/C12H6Cl4N2/c13-5-1-9-10(2-6(5)14)18-12-4-8(16)7(15)3-11(12)17-9/h1-4,17-18H. The van der Waals surface area contributed by atoms with Gasteiger partial charge in [-0.1, -0.05) is 46.4 Å². The normalized spacial score (nSPS) is 12.2. The van der Waals surface area contributed by atoms with Crippen LogP contribution >= 0.6 is 46.4 Å². The molecule has 2 N–H and O–H groups in total. The zero-order valence-electron chi connectivity index (χ0n) is 8.82. The first-order valence-corrected chi connectivity index (χ1v) is 6.58. The molecule has 6 heteroatoms. The fourth-order valence-electron chi connectivity index (χ4n) is 1.80. The molecule has 2 aromatic carbocycles. The minimum Gasteiger partial charge on any atom is -0.352 e. The Morgan fingerprint density at radius 1 is 0.500 bits per heavy atom. The molecule has 1 aliphatic heterocycles. The maximum absolute atomic E-state index is 5.98. The molecule has 0 amide bonds. The molecule has 0 radical (unpaired) electrons. The third-order valence-electron chi connectivity index (χ3n) is 2.66. The van der Waals surface area contributed by atoms with Crippen molar-refractivity contribution in [2.24, 2.45) is 0 Å². The van der Waals surface area contributed by atoms with Crippen LogP contribution in [0, 0.1) is 0 Å². The molecular formula is C12H6Cl4N2. The van der Waals surface area contributed by atoms with Gasteiger partial charge in [-0.3, -0.25) is 0 Å². The monoisotopic (exact) mass is 318 g/mol. The molecular weight excluding hydrogens is 314 g/mol. The Hall–Kier alpha value is -0.800. The predicted molar refractivity (Wildman–Crippen MR) is 79.5 cm³/mol. The van der Waals surface area contributed by atoms with Gasteiger partial charge in [0.25, 0.3) is 0 Å². The summed E-state index contributed by atoms with van der Waals surface area (Å²) in [4.78, 5) is 0. The van der Waals surface area contributed by atoms with Gasteiger partial charge in [0.15, 0.2) is 0 Å². The van der Waals surface area contributed by atoms with Gasteiger partial charge in [0, 0.05) is 0 Å². The van der Waals surface area contributed by atoms with Gasteiger partial charge in [0.1, 0.15) is 0 Å². The van der Waals surface area contributed by atoms with E-state index in [9.17, 15) is 0 Å². The third kappa shape index (κ3) is 1.99. The lowest BCUT2D eigenvalue weighted by molar-refractivity contribution is 1.45. The number of halogens is 4. The van der Waals surface area contributed by atoms with Gasteiger partial charge in [-0.05, 0) is 24.3 Å². The van der Waals surface area contributed by atoms with Gasteiger partial charge in [-0.15, -0.1) is 0 Å². The Morgan fingerprint density at radius 2 is 0.722 bits per heavy atom. The molecule has 0 atom stereocenters. The first-order valence-electron chi connectivity index (χ1n) is 5.07. The van der Waals surface area contributed by atoms with E-state index in [0.717, 1.165) is 22.7 Å². The highest BCUT2D eigenvalue weighted by molar-refractivity contribution is 6.43. The van der Waals surface area contributed by atoms with Crippen molar-refractivity contribution in [3.8, 4) is 0 Å². The van der Waals surface area contributed by atoms with Crippen LogP contribution in [0.4, 0.5) is 22.7 Å². The zero-order chi connectivity index (χ0) is 12.9. The number of fused-ring (bicyclic) bond motifs is 2. The van der Waals surface area contributed by atoms with Crippen molar-refractivity contribution in [2.75, 3.05) is 10.6 Å². The van der Waals surface area contributed by atoms with Crippen LogP contribution in [0.5, 0.6) is 0 Å². The summed E-state index contributed by atoms with van der Waals surface area (Å²) in [5.41, 5.74) is 3.37. The van der Waals surface area contributed by atoms with Crippen LogP contribution in [-0.2, 0) is 0 Å². The van der Waals surface area contributed by atoms with Crippen LogP contribution in [0.2, 0.25) is 20.1 Å². The second kappa shape index (κ2) is 4.39. The molecule has 2 nitrogen and oxygen atoms in total. The molecule has 0 aromatic heterocycles. The number of hydrogen-bond donors (Lipinski definition) is 2. The topological polar surface area (TPSA) is 24.1 Å². The smallest absolute Gasteiger partial charge is 0.0640 e. The number of benzene rings is 2. The average Bonchev–Trinajstić information content (AvgIpc) is 2.31. The predicted octanol–water partition coefficient (Wildman–Crippen LogP) is 6.10. The highest BCUT2D eigenvalue weighted by Crippen LogP contribution is 2.44. The van der Waals surface area contributed by atoms with Crippen molar-refractivity contribution in [3.63, 3.8) is 0 Å². The second-order valence-electron chi connectivity index (χ2n) is 3.87. The Kier molecular flexibility index (Phi) is 2.99. The summed E-state index contributed by atoms with van der Waals surface area (Å²) < 4.78 is 0. The van der Waals surface area contributed by atoms with Crippen molar-refractivity contribution in [1.82, 2.24) is 0 Å². The molecule has 0 unspecified atom stereocenters. The van der Waals surface area contributed by atoms with Gasteiger partial charge in [-0.2, -0.15) is 0 Å². The largest absolute Gasteiger partial charge is 0.352 e. The van der Waals surface area contributed by atoms with Crippen LogP contribution in [0.3, 0.4) is 0 Å². The summed E-state index contributed by atoms with van der Waals surface area (Å²) in [5.74, 6) is 0. The molecule has 18 heavy (non-hydrogen) atoms. The molecule has 3 rings (SSSR count). The van der Waals surface area contributed by atoms with Crippen molar-refractivity contribution in [3.05, 3.63) is 44.4 Å². The Bertz CT molecular complexity index is 544. The molecule has 0 aliphatic carbocycles. The van der Waals surface area contributed by atoms with Crippen molar-refractivity contribution >= 4 is 69.2 Å². The Labute approximate surface area is 124 Å². The van der Waals surface area contributed by atoms with E-state index in [1.54, 1.807) is 24.3 Å². The van der Waals surface area contributed by atoms with Gasteiger partial charge in [-0.25, -0.2) is 0 Å². The fraction of sp³-hybridized carbons (Fsp3) is 0. The molecule has 0 fully saturated rings. The van der Waals surface area contributed by atoms with E-state index in [2.05, 4.69) is 10.6 Å². The number of hydrogen-bond acceptors (Lipinski definition) is 2. The summed E-state index contributed by atoms with van der Waals surface area (Å²) in [6.45, 7) is 0. The first-order chi connectivity index (χ1) is 8.54. The van der Waals surface area contributed by atoms with E-state index in [1.807, 2.05) is 0 Å². The van der Waals surface area contributed by atoms with Crippen molar-refractivity contribution in [2.45, 2.75) is 0 Å². The summed E-state index contributed by atoms with van der Waals surface area (Å²) in [5, 5.41) is 8.43. The summed E-state index contributed by atoms with van der Waals surface area (Å²) in [6, 6.07) is 7.05. The van der Waals surface area contributed by atoms with Crippen LogP contribution in [-0.4, -0.2) is 0 Å². The molecule has 2 aromatic rings. The average molecular weight is 320 g/mol. The van der Waals surface area contributed by atoms with Crippen LogP contribution in [0.25, 0.3) is 0 Å². The van der Waals surface area contributed by atoms with Crippen LogP contribution < -0.4 is 10.6 Å². The van der Waals surface area contributed by atoms with E-state index < -0.39 is 0 Å². The van der Waals surface area contributed by atoms with Gasteiger partial charge in [0.05, 0.1) is 42.8 Å². The lowest BCUT2D eigenvalue weighted by Crippen LogP contribution is -2.06. The number of anilines is 4. The van der Waals surface area contributed by atoms with Gasteiger partial charge >= 0.3 is 0 Å². The quantitative estimate of drug-likeness (QED) is 0.523. The van der Waals surface area contributed by atoms with E-state index in [4.69, 9.17) is 46.4 Å². The zero-order valence-corrected chi connectivity index (χ0v) is 11.8. The molecule has 0 spiro atoms. The maximum atomic E-state index is 5.98. The number of nitrogens with one attached hydrogen (secondary N) is 2. The highest BCUT2D eigenvalue weighted by atomic mass is 35.5. The van der Waals surface area contributed by atoms with Crippen LogP contribution in [0.15, 0.2) is 24.3 Å². The lowest BCUT2D eigenvalue weighted by Gasteiger charge is -2.24. The third-order valence-corrected chi connectivity index (χ3v) is 4.10. The maximum Gasteiger partial charge on any atom is 0.0640 e. The van der Waals surface area contributed by atoms with E-state index >= 15 is 0 Å². The highest BCUT2D eigenvalue weighted by Gasteiger charge is 2.17. The van der Waals surface area contributed by atoms with Crippen LogP contribution in [0.1, 0.15) is 0 Å². The molecule has 0 saturated heterocycles. The number of rotatable bonds is 0. The van der Waals surface area contributed by atoms with E-state index in [-0.39, 0.29) is 0 Å². The SMILES string of the molecule is Clc1cc2c(cc1Cl)Nc1cc(Cl)c(Cl)cc1N2. The Morgan fingerprint density at radius 3 is 0.944 bits per heavy atom. The fourth-order valence-corrected chi connectivity index (χ4v) is 2.45. The Balaban J connectivity index is 2.12. The minimum atomic E-state index is 0.494. The second-order valence-corrected chi connectivity index (χ2v) is 5.50. The first kappa shape index (κ1) is 12.2. The molecule has 92 valence electrons. The van der Waals surface area contributed by atoms with Crippen molar-refractivity contribution < 1.29 is 0 Å². The molecule has 0 bridgehead atoms. The van der Waals surface area contributed by atoms with Crippen molar-refractivity contribution in [1.29, 1.82) is 0 Å². The molecule has 0 saturated carbocycles. The van der Waals surface area contributed by atoms with E-state index in [0.29, 0.717) is 20.1 Å². The van der Waals surface area contributed by atoms with E-state index in [1.165, 1.54) is 0 Å². The summed E-state index contributed by atoms with van der Waals surface area (Å²) >= 11 is 23.9. The van der Waals surface area contributed by atoms with Gasteiger partial charge < -0.3 is 10.6 Å². The van der Waals surface area contributed by atoms with Gasteiger partial charge in [0.2, 0.25) is 0 Å². The minimum absolute atomic E-state index is 0.494. The summed E-state index contributed by atoms with van der Waals surface area (Å²) in [6.07, 6.45) is 0. The molecule has 1 heterocycles. The lowest BCUT2D eigenvalue weighted by atomic mass is 10.1. The molecule has 1 aliphatic rings. The summed E-state index contributed by atoms with van der Waals surface area (Å²) in [7, 11) is 0.